The van der Waals surface area contributed by atoms with Crippen LogP contribution in [0.2, 0.25) is 0 Å². The van der Waals surface area contributed by atoms with Crippen molar-refractivity contribution >= 4 is 35.6 Å². The molecule has 12 nitrogen and oxygen atoms in total. The van der Waals surface area contributed by atoms with Gasteiger partial charge in [0, 0.05) is 76.9 Å². The minimum absolute atomic E-state index is 0.00580. The molecule has 0 N–H and O–H groups in total. The Morgan fingerprint density at radius 2 is 1.07 bits per heavy atom. The summed E-state index contributed by atoms with van der Waals surface area (Å²) in [6, 6.07) is 7.32. The summed E-state index contributed by atoms with van der Waals surface area (Å²) in [7, 11) is 3.20. The monoisotopic (exact) mass is 630 g/mol. The van der Waals surface area contributed by atoms with Crippen molar-refractivity contribution in [3.8, 4) is 23.0 Å². The van der Waals surface area contributed by atoms with Crippen molar-refractivity contribution in [1.82, 2.24) is 19.6 Å². The third-order valence-electron chi connectivity index (χ3n) is 9.71. The molecule has 0 spiro atoms. The number of carbonyl (C=O) groups excluding carboxylic acids is 2. The standard InChI is InChI=1S/C34H42N6O6/c1-43-29-17-25-27(35-21-23-5-3-7-39(23)33(25)41)19-31(29)45-15-13-37-9-11-38(12-10-37)14-16-46-32-20-28-26(18-30(32)44-2)34(42)40-8-4-6-24(40)22-36-28/h17-24H,3-16H2,1-2H3/t23-,24-/m0/s1. The zero-order chi connectivity index (χ0) is 31.6. The van der Waals surface area contributed by atoms with Crippen LogP contribution >= 0.6 is 0 Å². The summed E-state index contributed by atoms with van der Waals surface area (Å²) >= 11 is 0. The number of carbonyl (C=O) groups is 2. The molecule has 2 aromatic carbocycles. The minimum Gasteiger partial charge on any atom is -0.493 e. The molecule has 46 heavy (non-hydrogen) atoms. The number of hydrogen-bond donors (Lipinski definition) is 0. The third-order valence-corrected chi connectivity index (χ3v) is 9.71. The van der Waals surface area contributed by atoms with Crippen LogP contribution in [-0.2, 0) is 0 Å². The maximum atomic E-state index is 13.1. The second kappa shape index (κ2) is 13.3. The summed E-state index contributed by atoms with van der Waals surface area (Å²) in [6.45, 7) is 7.81. The van der Waals surface area contributed by atoms with Gasteiger partial charge in [-0.3, -0.25) is 29.4 Å². The number of amides is 2. The summed E-state index contributed by atoms with van der Waals surface area (Å²) < 4.78 is 23.5. The molecule has 5 aliphatic heterocycles. The SMILES string of the molecule is COc1cc2c(cc1OCCN1CCN(CCOc3cc4c(cc3OC)C(=O)N3CCC[C@H]3C=N4)CC1)N=C[C@@H]1CCCN1C2=O. The fourth-order valence-corrected chi connectivity index (χ4v) is 7.05. The van der Waals surface area contributed by atoms with Gasteiger partial charge in [-0.25, -0.2) is 0 Å². The van der Waals surface area contributed by atoms with E-state index in [-0.39, 0.29) is 23.9 Å². The smallest absolute Gasteiger partial charge is 0.256 e. The van der Waals surface area contributed by atoms with Crippen LogP contribution in [0, 0.1) is 0 Å². The number of ether oxygens (including phenoxy) is 4. The summed E-state index contributed by atoms with van der Waals surface area (Å²) in [4.78, 5) is 44.1. The van der Waals surface area contributed by atoms with Gasteiger partial charge in [-0.15, -0.1) is 0 Å². The van der Waals surface area contributed by atoms with Gasteiger partial charge in [-0.2, -0.15) is 0 Å². The molecule has 7 rings (SSSR count). The molecule has 0 aliphatic carbocycles. The Bertz CT molecular complexity index is 1420. The highest BCUT2D eigenvalue weighted by atomic mass is 16.5. The Balaban J connectivity index is 0.885. The maximum absolute atomic E-state index is 13.1. The average molecular weight is 631 g/mol. The molecule has 244 valence electrons. The van der Waals surface area contributed by atoms with Crippen molar-refractivity contribution in [2.75, 3.05) is 79.8 Å². The van der Waals surface area contributed by atoms with Crippen LogP contribution in [0.15, 0.2) is 34.3 Å². The maximum Gasteiger partial charge on any atom is 0.256 e. The Labute approximate surface area is 269 Å². The van der Waals surface area contributed by atoms with Crippen LogP contribution in [0.3, 0.4) is 0 Å². The quantitative estimate of drug-likeness (QED) is 0.393. The number of nitrogens with zero attached hydrogens (tertiary/aromatic N) is 6. The highest BCUT2D eigenvalue weighted by molar-refractivity contribution is 6.04. The molecule has 0 aromatic heterocycles. The molecule has 5 heterocycles. The summed E-state index contributed by atoms with van der Waals surface area (Å²) in [5.74, 6) is 2.32. The highest BCUT2D eigenvalue weighted by Crippen LogP contribution is 2.39. The first kappa shape index (κ1) is 30.5. The van der Waals surface area contributed by atoms with Gasteiger partial charge in [0.05, 0.1) is 48.8 Å². The minimum atomic E-state index is 0.00580. The molecule has 2 aromatic rings. The van der Waals surface area contributed by atoms with Gasteiger partial charge in [0.1, 0.15) is 13.2 Å². The number of piperazine rings is 1. The van der Waals surface area contributed by atoms with Crippen LogP contribution in [0.25, 0.3) is 0 Å². The first-order valence-corrected chi connectivity index (χ1v) is 16.4. The number of aliphatic imine (C=N–C) groups is 2. The van der Waals surface area contributed by atoms with Gasteiger partial charge < -0.3 is 28.7 Å². The second-order valence-corrected chi connectivity index (χ2v) is 12.4. The van der Waals surface area contributed by atoms with Crippen LogP contribution in [0.5, 0.6) is 23.0 Å². The summed E-state index contributed by atoms with van der Waals surface area (Å²) in [6.07, 6.45) is 7.68. The number of hydrogen-bond acceptors (Lipinski definition) is 10. The van der Waals surface area contributed by atoms with E-state index in [1.807, 2.05) is 34.4 Å². The lowest BCUT2D eigenvalue weighted by molar-refractivity contribution is 0.0766. The van der Waals surface area contributed by atoms with Crippen molar-refractivity contribution in [3.63, 3.8) is 0 Å². The predicted octanol–water partition coefficient (Wildman–Crippen LogP) is 3.42. The van der Waals surface area contributed by atoms with E-state index in [0.717, 1.165) is 78.0 Å². The highest BCUT2D eigenvalue weighted by Gasteiger charge is 2.34. The Morgan fingerprint density at radius 3 is 1.48 bits per heavy atom. The van der Waals surface area contributed by atoms with Gasteiger partial charge in [-0.05, 0) is 37.8 Å². The van der Waals surface area contributed by atoms with E-state index in [9.17, 15) is 9.59 Å². The molecule has 2 amide bonds. The Hall–Kier alpha value is -4.16. The molecule has 3 fully saturated rings. The number of fused-ring (bicyclic) bond motifs is 4. The molecule has 12 heteroatoms. The number of benzene rings is 2. The molecule has 0 bridgehead atoms. The van der Waals surface area contributed by atoms with E-state index in [2.05, 4.69) is 19.8 Å². The Kier molecular flexibility index (Phi) is 8.81. The van der Waals surface area contributed by atoms with E-state index in [4.69, 9.17) is 18.9 Å². The molecule has 0 saturated carbocycles. The summed E-state index contributed by atoms with van der Waals surface area (Å²) in [5, 5.41) is 0. The van der Waals surface area contributed by atoms with Crippen molar-refractivity contribution in [2.45, 2.75) is 37.8 Å². The normalized spacial score (nSPS) is 22.6. The first-order chi connectivity index (χ1) is 22.5. The van der Waals surface area contributed by atoms with Gasteiger partial charge >= 0.3 is 0 Å². The van der Waals surface area contributed by atoms with E-state index in [1.54, 1.807) is 26.4 Å². The number of methoxy groups -OCH3 is 2. The predicted molar refractivity (Wildman–Crippen MR) is 174 cm³/mol. The van der Waals surface area contributed by atoms with Crippen LogP contribution in [0.4, 0.5) is 11.4 Å². The van der Waals surface area contributed by atoms with Crippen molar-refractivity contribution < 1.29 is 28.5 Å². The van der Waals surface area contributed by atoms with Gasteiger partial charge in [-0.1, -0.05) is 0 Å². The molecule has 5 aliphatic rings. The fourth-order valence-electron chi connectivity index (χ4n) is 7.05. The topological polar surface area (TPSA) is 109 Å². The second-order valence-electron chi connectivity index (χ2n) is 12.4. The van der Waals surface area contributed by atoms with Crippen LogP contribution < -0.4 is 18.9 Å². The lowest BCUT2D eigenvalue weighted by atomic mass is 10.1. The third kappa shape index (κ3) is 6.03. The van der Waals surface area contributed by atoms with E-state index in [1.165, 1.54) is 0 Å². The zero-order valence-electron chi connectivity index (χ0n) is 26.7. The fraction of sp³-hybridized carbons (Fsp3) is 0.529. The van der Waals surface area contributed by atoms with Gasteiger partial charge in [0.15, 0.2) is 23.0 Å². The van der Waals surface area contributed by atoms with Crippen molar-refractivity contribution in [1.29, 1.82) is 0 Å². The van der Waals surface area contributed by atoms with E-state index < -0.39 is 0 Å². The van der Waals surface area contributed by atoms with E-state index in [0.29, 0.717) is 58.7 Å². The average Bonchev–Trinajstić information content (AvgIpc) is 3.71. The van der Waals surface area contributed by atoms with Crippen molar-refractivity contribution in [2.24, 2.45) is 9.98 Å². The largest absolute Gasteiger partial charge is 0.493 e. The lowest BCUT2D eigenvalue weighted by Gasteiger charge is -2.34. The first-order valence-electron chi connectivity index (χ1n) is 16.4. The molecule has 0 unspecified atom stereocenters. The molecular weight excluding hydrogens is 588 g/mol. The molecule has 3 saturated heterocycles. The zero-order valence-corrected chi connectivity index (χ0v) is 26.7. The molecule has 0 radical (unpaired) electrons. The van der Waals surface area contributed by atoms with E-state index >= 15 is 0 Å². The lowest BCUT2D eigenvalue weighted by Crippen LogP contribution is -2.48. The summed E-state index contributed by atoms with van der Waals surface area (Å²) in [5.41, 5.74) is 2.40. The van der Waals surface area contributed by atoms with Crippen LogP contribution in [-0.4, -0.2) is 136 Å². The van der Waals surface area contributed by atoms with Crippen molar-refractivity contribution in [3.05, 3.63) is 35.4 Å². The van der Waals surface area contributed by atoms with Gasteiger partial charge in [0.2, 0.25) is 0 Å². The van der Waals surface area contributed by atoms with Gasteiger partial charge in [0.25, 0.3) is 11.8 Å². The van der Waals surface area contributed by atoms with Crippen LogP contribution in [0.1, 0.15) is 46.4 Å². The number of rotatable bonds is 10. The molecular formula is C34H42N6O6. The molecule has 2 atom stereocenters. The Morgan fingerprint density at radius 1 is 0.630 bits per heavy atom.